The summed E-state index contributed by atoms with van der Waals surface area (Å²) in [6, 6.07) is 18.9. The van der Waals surface area contributed by atoms with Gasteiger partial charge in [-0.2, -0.15) is 0 Å². The lowest BCUT2D eigenvalue weighted by molar-refractivity contribution is 0.0992. The Morgan fingerprint density at radius 2 is 1.78 bits per heavy atom. The summed E-state index contributed by atoms with van der Waals surface area (Å²) in [5.74, 6) is 1.97. The van der Waals surface area contributed by atoms with Gasteiger partial charge in [0.05, 0.1) is 0 Å². The van der Waals surface area contributed by atoms with Crippen LogP contribution in [-0.2, 0) is 0 Å². The van der Waals surface area contributed by atoms with Gasteiger partial charge >= 0.3 is 0 Å². The predicted octanol–water partition coefficient (Wildman–Crippen LogP) is 3.62. The van der Waals surface area contributed by atoms with Crippen LogP contribution in [0.25, 0.3) is 0 Å². The number of carbonyl (C=O) groups is 1. The van der Waals surface area contributed by atoms with Crippen LogP contribution in [0.1, 0.15) is 22.1 Å². The second-order valence-electron chi connectivity index (χ2n) is 6.36. The number of carbonyl (C=O) groups excluding carboxylic acids is 1. The lowest BCUT2D eigenvalue weighted by Crippen LogP contribution is -2.32. The SMILES string of the molecule is O=C1c2ccccc2[C@H](Nc2ccc3c(c2)OCCO3)N1c1ccccn1. The van der Waals surface area contributed by atoms with Crippen molar-refractivity contribution < 1.29 is 14.3 Å². The molecule has 0 saturated heterocycles. The fourth-order valence-electron chi connectivity index (χ4n) is 3.48. The molecule has 0 saturated carbocycles. The molecule has 1 amide bonds. The second kappa shape index (κ2) is 6.32. The Bertz CT molecular complexity index is 1010. The minimum atomic E-state index is -0.355. The molecule has 0 fully saturated rings. The molecule has 27 heavy (non-hydrogen) atoms. The molecule has 6 heteroatoms. The van der Waals surface area contributed by atoms with Crippen LogP contribution in [-0.4, -0.2) is 24.1 Å². The van der Waals surface area contributed by atoms with Gasteiger partial charge in [-0.15, -0.1) is 0 Å². The van der Waals surface area contributed by atoms with Gasteiger partial charge in [0.25, 0.3) is 5.91 Å². The smallest absolute Gasteiger partial charge is 0.261 e. The van der Waals surface area contributed by atoms with Crippen LogP contribution in [0, 0.1) is 0 Å². The van der Waals surface area contributed by atoms with Crippen molar-refractivity contribution in [3.8, 4) is 11.5 Å². The van der Waals surface area contributed by atoms with E-state index < -0.39 is 0 Å². The van der Waals surface area contributed by atoms with Gasteiger partial charge in [0.2, 0.25) is 0 Å². The Kier molecular flexibility index (Phi) is 3.67. The van der Waals surface area contributed by atoms with E-state index in [9.17, 15) is 4.79 Å². The molecule has 134 valence electrons. The third kappa shape index (κ3) is 2.66. The number of ether oxygens (including phenoxy) is 2. The van der Waals surface area contributed by atoms with Crippen molar-refractivity contribution in [2.75, 3.05) is 23.4 Å². The number of nitrogens with one attached hydrogen (secondary N) is 1. The molecule has 0 bridgehead atoms. The molecule has 6 nitrogen and oxygen atoms in total. The zero-order chi connectivity index (χ0) is 18.2. The summed E-state index contributed by atoms with van der Waals surface area (Å²) in [7, 11) is 0. The molecule has 3 heterocycles. The second-order valence-corrected chi connectivity index (χ2v) is 6.36. The molecule has 3 aromatic rings. The van der Waals surface area contributed by atoms with Gasteiger partial charge in [0.15, 0.2) is 11.5 Å². The molecule has 1 aromatic heterocycles. The van der Waals surface area contributed by atoms with Crippen LogP contribution in [0.2, 0.25) is 0 Å². The van der Waals surface area contributed by atoms with Gasteiger partial charge < -0.3 is 14.8 Å². The molecule has 2 aliphatic heterocycles. The third-order valence-corrected chi connectivity index (χ3v) is 4.70. The van der Waals surface area contributed by atoms with Gasteiger partial charge in [0, 0.05) is 29.1 Å². The van der Waals surface area contributed by atoms with Crippen LogP contribution in [0.5, 0.6) is 11.5 Å². The van der Waals surface area contributed by atoms with E-state index >= 15 is 0 Å². The van der Waals surface area contributed by atoms with Crippen molar-refractivity contribution in [3.63, 3.8) is 0 Å². The number of amides is 1. The first-order chi connectivity index (χ1) is 13.3. The van der Waals surface area contributed by atoms with Crippen LogP contribution in [0.15, 0.2) is 66.9 Å². The number of benzene rings is 2. The largest absolute Gasteiger partial charge is 0.486 e. The number of aromatic nitrogens is 1. The Labute approximate surface area is 156 Å². The Balaban J connectivity index is 1.54. The summed E-state index contributed by atoms with van der Waals surface area (Å²) < 4.78 is 11.3. The molecule has 1 atom stereocenters. The molecular formula is C21H17N3O3. The molecule has 0 spiro atoms. The van der Waals surface area contributed by atoms with Crippen LogP contribution < -0.4 is 19.7 Å². The summed E-state index contributed by atoms with van der Waals surface area (Å²) in [5, 5.41) is 3.46. The maximum atomic E-state index is 13.0. The summed E-state index contributed by atoms with van der Waals surface area (Å²) in [5.41, 5.74) is 2.44. The number of fused-ring (bicyclic) bond motifs is 2. The van der Waals surface area contributed by atoms with E-state index in [0.29, 0.717) is 30.3 Å². The normalized spacial score (nSPS) is 17.6. The van der Waals surface area contributed by atoms with Crippen LogP contribution >= 0.6 is 0 Å². The van der Waals surface area contributed by atoms with Gasteiger partial charge in [-0.05, 0) is 30.3 Å². The molecule has 1 N–H and O–H groups in total. The third-order valence-electron chi connectivity index (χ3n) is 4.70. The van der Waals surface area contributed by atoms with Gasteiger partial charge in [-0.1, -0.05) is 24.3 Å². The summed E-state index contributed by atoms with van der Waals surface area (Å²) in [6.45, 7) is 1.08. The number of hydrogen-bond donors (Lipinski definition) is 1. The minimum absolute atomic E-state index is 0.0701. The fourth-order valence-corrected chi connectivity index (χ4v) is 3.48. The van der Waals surface area contributed by atoms with Crippen molar-refractivity contribution in [2.45, 2.75) is 6.17 Å². The van der Waals surface area contributed by atoms with Crippen molar-refractivity contribution in [3.05, 3.63) is 78.0 Å². The average molecular weight is 359 g/mol. The Morgan fingerprint density at radius 1 is 0.963 bits per heavy atom. The highest BCUT2D eigenvalue weighted by Crippen LogP contribution is 2.39. The highest BCUT2D eigenvalue weighted by atomic mass is 16.6. The summed E-state index contributed by atoms with van der Waals surface area (Å²) in [6.07, 6.45) is 1.33. The van der Waals surface area contributed by atoms with E-state index in [1.165, 1.54) is 0 Å². The van der Waals surface area contributed by atoms with Crippen molar-refractivity contribution in [2.24, 2.45) is 0 Å². The monoisotopic (exact) mass is 359 g/mol. The van der Waals surface area contributed by atoms with E-state index in [0.717, 1.165) is 17.0 Å². The van der Waals surface area contributed by atoms with Crippen molar-refractivity contribution in [1.82, 2.24) is 4.98 Å². The maximum absolute atomic E-state index is 13.0. The number of rotatable bonds is 3. The predicted molar refractivity (Wildman–Crippen MR) is 101 cm³/mol. The highest BCUT2D eigenvalue weighted by molar-refractivity contribution is 6.11. The zero-order valence-electron chi connectivity index (χ0n) is 14.5. The standard InChI is InChI=1S/C21H17N3O3/c25-21-16-6-2-1-5-15(16)20(24(21)19-7-3-4-10-22-19)23-14-8-9-17-18(13-14)27-12-11-26-17/h1-10,13,20,23H,11-12H2/t20-/m1/s1. The molecular weight excluding hydrogens is 342 g/mol. The van der Waals surface area contributed by atoms with E-state index in [1.54, 1.807) is 11.1 Å². The van der Waals surface area contributed by atoms with Gasteiger partial charge in [-0.25, -0.2) is 4.98 Å². The number of hydrogen-bond acceptors (Lipinski definition) is 5. The topological polar surface area (TPSA) is 63.7 Å². The van der Waals surface area contributed by atoms with Crippen molar-refractivity contribution in [1.29, 1.82) is 0 Å². The van der Waals surface area contributed by atoms with Crippen LogP contribution in [0.3, 0.4) is 0 Å². The summed E-state index contributed by atoms with van der Waals surface area (Å²) >= 11 is 0. The number of pyridine rings is 1. The lowest BCUT2D eigenvalue weighted by Gasteiger charge is -2.27. The Hall–Kier alpha value is -3.54. The minimum Gasteiger partial charge on any atom is -0.486 e. The van der Waals surface area contributed by atoms with Crippen LogP contribution in [0.4, 0.5) is 11.5 Å². The molecule has 2 aromatic carbocycles. The number of nitrogens with zero attached hydrogens (tertiary/aromatic N) is 2. The van der Waals surface area contributed by atoms with Crippen molar-refractivity contribution >= 4 is 17.4 Å². The van der Waals surface area contributed by atoms with E-state index in [-0.39, 0.29) is 12.1 Å². The highest BCUT2D eigenvalue weighted by Gasteiger charge is 2.38. The number of anilines is 2. The van der Waals surface area contributed by atoms with E-state index in [4.69, 9.17) is 9.47 Å². The first kappa shape index (κ1) is 15.7. The first-order valence-electron chi connectivity index (χ1n) is 8.81. The van der Waals surface area contributed by atoms with Gasteiger partial charge in [0.1, 0.15) is 25.2 Å². The average Bonchev–Trinajstić information content (AvgIpc) is 3.00. The van der Waals surface area contributed by atoms with Gasteiger partial charge in [-0.3, -0.25) is 9.69 Å². The van der Waals surface area contributed by atoms with E-state index in [2.05, 4.69) is 10.3 Å². The zero-order valence-corrected chi connectivity index (χ0v) is 14.5. The molecule has 0 aliphatic carbocycles. The molecule has 2 aliphatic rings. The molecule has 5 rings (SSSR count). The molecule has 0 unspecified atom stereocenters. The fraction of sp³-hybridized carbons (Fsp3) is 0.143. The Morgan fingerprint density at radius 3 is 2.63 bits per heavy atom. The maximum Gasteiger partial charge on any atom is 0.261 e. The van der Waals surface area contributed by atoms with E-state index in [1.807, 2.05) is 60.7 Å². The lowest BCUT2D eigenvalue weighted by atomic mass is 10.1. The molecule has 0 radical (unpaired) electrons. The quantitative estimate of drug-likeness (QED) is 0.774. The first-order valence-corrected chi connectivity index (χ1v) is 8.81. The summed E-state index contributed by atoms with van der Waals surface area (Å²) in [4.78, 5) is 19.1.